The van der Waals surface area contributed by atoms with Crippen LogP contribution in [0.25, 0.3) is 0 Å². The molecule has 0 aliphatic heterocycles. The van der Waals surface area contributed by atoms with Crippen LogP contribution in [0, 0.1) is 11.8 Å². The van der Waals surface area contributed by atoms with Crippen molar-refractivity contribution in [3.8, 4) is 0 Å². The summed E-state index contributed by atoms with van der Waals surface area (Å²) in [5.41, 5.74) is 6.00. The zero-order valence-corrected chi connectivity index (χ0v) is 11.6. The van der Waals surface area contributed by atoms with Crippen molar-refractivity contribution in [2.75, 3.05) is 13.1 Å². The molecule has 18 heavy (non-hydrogen) atoms. The molecule has 2 unspecified atom stereocenters. The number of nitrogens with one attached hydrogen (secondary N) is 1. The van der Waals surface area contributed by atoms with Crippen molar-refractivity contribution in [2.24, 2.45) is 17.6 Å². The number of aromatic nitrogens is 1. The van der Waals surface area contributed by atoms with E-state index < -0.39 is 0 Å². The minimum Gasteiger partial charge on any atom is -0.350 e. The number of nitrogens with zero attached hydrogens (tertiary/aromatic N) is 1. The van der Waals surface area contributed by atoms with E-state index in [9.17, 15) is 4.79 Å². The fraction of sp³-hybridized carbons (Fsp3) is 0.692. The lowest BCUT2D eigenvalue weighted by molar-refractivity contribution is 0.0940. The van der Waals surface area contributed by atoms with E-state index in [0.29, 0.717) is 18.2 Å². The monoisotopic (exact) mass is 267 g/mol. The Morgan fingerprint density at radius 2 is 2.44 bits per heavy atom. The first-order chi connectivity index (χ1) is 8.70. The van der Waals surface area contributed by atoms with Crippen molar-refractivity contribution in [3.05, 3.63) is 16.1 Å². The van der Waals surface area contributed by atoms with Crippen molar-refractivity contribution >= 4 is 17.2 Å². The Labute approximate surface area is 112 Å². The summed E-state index contributed by atoms with van der Waals surface area (Å²) in [6.45, 7) is 3.63. The van der Waals surface area contributed by atoms with E-state index in [1.165, 1.54) is 30.6 Å². The molecule has 4 nitrogen and oxygen atoms in total. The van der Waals surface area contributed by atoms with E-state index in [1.54, 1.807) is 0 Å². The maximum Gasteiger partial charge on any atom is 0.270 e. The van der Waals surface area contributed by atoms with Crippen LogP contribution in [-0.4, -0.2) is 24.0 Å². The summed E-state index contributed by atoms with van der Waals surface area (Å²) in [6.07, 6.45) is 4.56. The molecule has 1 aromatic rings. The largest absolute Gasteiger partial charge is 0.350 e. The third-order valence-corrected chi connectivity index (χ3v) is 4.62. The molecule has 1 heterocycles. The smallest absolute Gasteiger partial charge is 0.270 e. The summed E-state index contributed by atoms with van der Waals surface area (Å²) < 4.78 is 0. The van der Waals surface area contributed by atoms with Crippen LogP contribution in [0.1, 0.15) is 41.7 Å². The number of amides is 1. The Morgan fingerprint density at radius 1 is 1.61 bits per heavy atom. The number of nitrogens with two attached hydrogens (primary N) is 1. The summed E-state index contributed by atoms with van der Waals surface area (Å²) in [5.74, 6) is 1.32. The summed E-state index contributed by atoms with van der Waals surface area (Å²) in [7, 11) is 0. The first-order valence-electron chi connectivity index (χ1n) is 6.63. The Hall–Kier alpha value is -0.940. The Bertz CT molecular complexity index is 405. The van der Waals surface area contributed by atoms with Crippen LogP contribution in [0.4, 0.5) is 0 Å². The lowest BCUT2D eigenvalue weighted by Crippen LogP contribution is -2.30. The molecule has 1 saturated carbocycles. The van der Waals surface area contributed by atoms with E-state index in [2.05, 4.69) is 17.2 Å². The van der Waals surface area contributed by atoms with Crippen molar-refractivity contribution in [3.63, 3.8) is 0 Å². The predicted octanol–water partition coefficient (Wildman–Crippen LogP) is 1.81. The number of carbonyl (C=O) groups excluding carboxylic acids is 1. The number of thiazole rings is 1. The third kappa shape index (κ3) is 3.29. The van der Waals surface area contributed by atoms with Crippen molar-refractivity contribution < 1.29 is 4.79 Å². The van der Waals surface area contributed by atoms with Crippen LogP contribution in [0.15, 0.2) is 5.38 Å². The lowest BCUT2D eigenvalue weighted by Gasteiger charge is -2.15. The molecule has 2 rings (SSSR count). The Morgan fingerprint density at radius 3 is 3.11 bits per heavy atom. The number of carbonyl (C=O) groups is 1. The zero-order valence-electron chi connectivity index (χ0n) is 10.8. The van der Waals surface area contributed by atoms with Crippen molar-refractivity contribution in [1.82, 2.24) is 10.3 Å². The van der Waals surface area contributed by atoms with Gasteiger partial charge in [-0.3, -0.25) is 4.79 Å². The predicted molar refractivity (Wildman–Crippen MR) is 73.7 cm³/mol. The fourth-order valence-electron chi connectivity index (χ4n) is 2.49. The molecule has 2 atom stereocenters. The van der Waals surface area contributed by atoms with Gasteiger partial charge in [0, 0.05) is 18.3 Å². The van der Waals surface area contributed by atoms with Gasteiger partial charge in [0.05, 0.1) is 5.01 Å². The molecule has 1 fully saturated rings. The van der Waals surface area contributed by atoms with Gasteiger partial charge >= 0.3 is 0 Å². The van der Waals surface area contributed by atoms with Crippen LogP contribution >= 0.6 is 11.3 Å². The highest BCUT2D eigenvalue weighted by molar-refractivity contribution is 7.09. The van der Waals surface area contributed by atoms with E-state index in [-0.39, 0.29) is 5.91 Å². The first-order valence-corrected chi connectivity index (χ1v) is 7.51. The molecule has 1 aromatic heterocycles. The average Bonchev–Trinajstić information content (AvgIpc) is 2.96. The Kier molecular flexibility index (Phi) is 4.72. The van der Waals surface area contributed by atoms with Crippen LogP contribution in [0.5, 0.6) is 0 Å². The molecule has 3 N–H and O–H groups in total. The zero-order chi connectivity index (χ0) is 13.0. The molecule has 0 spiro atoms. The van der Waals surface area contributed by atoms with Crippen LogP contribution in [-0.2, 0) is 6.42 Å². The maximum atomic E-state index is 11.9. The summed E-state index contributed by atoms with van der Waals surface area (Å²) in [5, 5.41) is 5.76. The highest BCUT2D eigenvalue weighted by Gasteiger charge is 2.23. The van der Waals surface area contributed by atoms with E-state index in [4.69, 9.17) is 5.73 Å². The van der Waals surface area contributed by atoms with Gasteiger partial charge in [0.2, 0.25) is 0 Å². The topological polar surface area (TPSA) is 68.0 Å². The fourth-order valence-corrected chi connectivity index (χ4v) is 3.29. The van der Waals surface area contributed by atoms with Crippen LogP contribution in [0.2, 0.25) is 0 Å². The Balaban J connectivity index is 1.83. The van der Waals surface area contributed by atoms with Crippen molar-refractivity contribution in [2.45, 2.75) is 32.6 Å². The molecular formula is C13H21N3OS. The first kappa shape index (κ1) is 13.5. The molecule has 0 aromatic carbocycles. The number of hydrogen-bond acceptors (Lipinski definition) is 4. The second-order valence-corrected chi connectivity index (χ2v) is 5.99. The standard InChI is InChI=1S/C13H21N3OS/c1-9-3-2-4-10(9)7-15-13(17)11-8-18-12(16-11)5-6-14/h8-10H,2-7,14H2,1H3,(H,15,17). The molecule has 100 valence electrons. The van der Waals surface area contributed by atoms with Gasteiger partial charge in [0.15, 0.2) is 0 Å². The van der Waals surface area contributed by atoms with Gasteiger partial charge in [-0.15, -0.1) is 11.3 Å². The second-order valence-electron chi connectivity index (χ2n) is 5.04. The third-order valence-electron chi connectivity index (χ3n) is 3.71. The molecule has 5 heteroatoms. The lowest BCUT2D eigenvalue weighted by atomic mass is 9.98. The molecule has 0 bridgehead atoms. The number of rotatable bonds is 5. The van der Waals surface area contributed by atoms with Gasteiger partial charge in [0.1, 0.15) is 5.69 Å². The van der Waals surface area contributed by atoms with Gasteiger partial charge in [-0.1, -0.05) is 19.8 Å². The normalized spacial score (nSPS) is 23.2. The molecule has 0 radical (unpaired) electrons. The summed E-state index contributed by atoms with van der Waals surface area (Å²) >= 11 is 1.51. The maximum absolute atomic E-state index is 11.9. The summed E-state index contributed by atoms with van der Waals surface area (Å²) in [6, 6.07) is 0. The highest BCUT2D eigenvalue weighted by atomic mass is 32.1. The van der Waals surface area contributed by atoms with E-state index in [1.807, 2.05) is 5.38 Å². The molecular weight excluding hydrogens is 246 g/mol. The molecule has 1 aliphatic carbocycles. The minimum absolute atomic E-state index is 0.0476. The van der Waals surface area contributed by atoms with Crippen LogP contribution in [0.3, 0.4) is 0 Å². The summed E-state index contributed by atoms with van der Waals surface area (Å²) in [4.78, 5) is 16.2. The van der Waals surface area contributed by atoms with Gasteiger partial charge in [-0.2, -0.15) is 0 Å². The molecule has 1 amide bonds. The minimum atomic E-state index is -0.0476. The molecule has 1 aliphatic rings. The van der Waals surface area contributed by atoms with Gasteiger partial charge in [-0.05, 0) is 24.8 Å². The quantitative estimate of drug-likeness (QED) is 0.855. The van der Waals surface area contributed by atoms with Crippen LogP contribution < -0.4 is 11.1 Å². The van der Waals surface area contributed by atoms with Gasteiger partial charge in [0.25, 0.3) is 5.91 Å². The highest BCUT2D eigenvalue weighted by Crippen LogP contribution is 2.30. The SMILES string of the molecule is CC1CCCC1CNC(=O)c1csc(CCN)n1. The number of hydrogen-bond donors (Lipinski definition) is 2. The van der Waals surface area contributed by atoms with Gasteiger partial charge in [-0.25, -0.2) is 4.98 Å². The van der Waals surface area contributed by atoms with Gasteiger partial charge < -0.3 is 11.1 Å². The molecule has 0 saturated heterocycles. The van der Waals surface area contributed by atoms with Crippen molar-refractivity contribution in [1.29, 1.82) is 0 Å². The van der Waals surface area contributed by atoms with E-state index in [0.717, 1.165) is 23.9 Å². The van der Waals surface area contributed by atoms with E-state index >= 15 is 0 Å². The average molecular weight is 267 g/mol. The second kappa shape index (κ2) is 6.29.